The van der Waals surface area contributed by atoms with Crippen LogP contribution in [0.25, 0.3) is 0 Å². The molecule has 0 unspecified atom stereocenters. The minimum absolute atomic E-state index is 0.0421. The number of rotatable bonds is 9. The highest BCUT2D eigenvalue weighted by Crippen LogP contribution is 2.39. The van der Waals surface area contributed by atoms with Crippen LogP contribution in [0.15, 0.2) is 47.5 Å². The van der Waals surface area contributed by atoms with Gasteiger partial charge in [-0.05, 0) is 31.7 Å². The van der Waals surface area contributed by atoms with Crippen LogP contribution in [0.1, 0.15) is 54.4 Å². The van der Waals surface area contributed by atoms with Crippen LogP contribution >= 0.6 is 0 Å². The normalized spacial score (nSPS) is 19.1. The molecule has 2 aromatic carbocycles. The molecule has 0 saturated heterocycles. The first kappa shape index (κ1) is 27.5. The van der Waals surface area contributed by atoms with Crippen molar-refractivity contribution in [2.24, 2.45) is 22.7 Å². The molecule has 1 aliphatic heterocycles. The number of nitrogens with zero attached hydrogens (tertiary/aromatic N) is 1. The maximum absolute atomic E-state index is 14.8. The molecule has 38 heavy (non-hydrogen) atoms. The summed E-state index contributed by atoms with van der Waals surface area (Å²) in [4.78, 5) is 42.9. The first-order valence-corrected chi connectivity index (χ1v) is 12.5. The topological polar surface area (TPSA) is 95.8 Å². The van der Waals surface area contributed by atoms with Crippen LogP contribution in [0.2, 0.25) is 0 Å². The number of hydrogen-bond acceptors (Lipinski definition) is 4. The lowest BCUT2D eigenvalue weighted by Crippen LogP contribution is -2.46. The number of aliphatic carboxylic acids is 1. The summed E-state index contributed by atoms with van der Waals surface area (Å²) in [6.45, 7) is 1.88. The number of fused-ring (bicyclic) bond motifs is 1. The first-order valence-electron chi connectivity index (χ1n) is 12.5. The third-order valence-corrected chi connectivity index (χ3v) is 7.05. The molecule has 2 aliphatic rings. The second-order valence-corrected chi connectivity index (χ2v) is 10.0. The van der Waals surface area contributed by atoms with Crippen LogP contribution < -0.4 is 5.32 Å². The van der Waals surface area contributed by atoms with E-state index in [1.165, 1.54) is 12.1 Å². The summed E-state index contributed by atoms with van der Waals surface area (Å²) >= 11 is 0. The molecule has 0 aromatic heterocycles. The highest BCUT2D eigenvalue weighted by atomic mass is 19.4. The zero-order valence-electron chi connectivity index (χ0n) is 20.7. The highest BCUT2D eigenvalue weighted by molar-refractivity contribution is 6.16. The van der Waals surface area contributed by atoms with E-state index in [1.807, 2.05) is 6.92 Å². The molecule has 1 fully saturated rings. The molecular weight excluding hydrogens is 504 g/mol. The number of aliphatic imine (C=N–C) groups is 1. The quantitative estimate of drug-likeness (QED) is 0.445. The van der Waals surface area contributed by atoms with Crippen LogP contribution in [0, 0.1) is 30.5 Å². The third kappa shape index (κ3) is 6.65. The van der Waals surface area contributed by atoms with Gasteiger partial charge in [0.1, 0.15) is 5.82 Å². The van der Waals surface area contributed by atoms with E-state index in [-0.39, 0.29) is 23.6 Å². The number of amides is 1. The molecule has 2 N–H and O–H groups in total. The average Bonchev–Trinajstić information content (AvgIpc) is 3.67. The Hall–Kier alpha value is -3.56. The van der Waals surface area contributed by atoms with Crippen LogP contribution in [-0.4, -0.2) is 40.8 Å². The highest BCUT2D eigenvalue weighted by Gasteiger charge is 2.41. The van der Waals surface area contributed by atoms with Gasteiger partial charge < -0.3 is 10.4 Å². The fourth-order valence-corrected chi connectivity index (χ4v) is 4.78. The van der Waals surface area contributed by atoms with Gasteiger partial charge in [-0.1, -0.05) is 54.8 Å². The monoisotopic (exact) mass is 532 g/mol. The molecule has 1 amide bonds. The Labute approximate surface area is 217 Å². The van der Waals surface area contributed by atoms with Gasteiger partial charge in [0.15, 0.2) is 11.9 Å². The molecule has 2 aromatic rings. The predicted molar refractivity (Wildman–Crippen MR) is 131 cm³/mol. The van der Waals surface area contributed by atoms with Crippen LogP contribution in [0.4, 0.5) is 17.6 Å². The van der Waals surface area contributed by atoms with E-state index in [4.69, 9.17) is 0 Å². The number of halogens is 4. The molecule has 202 valence electrons. The van der Waals surface area contributed by atoms with Crippen molar-refractivity contribution in [2.75, 3.05) is 0 Å². The zero-order chi connectivity index (χ0) is 27.6. The SMILES string of the molecule is Cc1ccc(C2=N[C@H](NC(=O)[C@H](CCC(F)(F)F)[C@H](CC3CC3)C(=O)O)C(=O)Cc3c(F)cccc32)cc1. The van der Waals surface area contributed by atoms with E-state index in [2.05, 4.69) is 10.3 Å². The summed E-state index contributed by atoms with van der Waals surface area (Å²) in [5.74, 6) is -6.43. The summed E-state index contributed by atoms with van der Waals surface area (Å²) in [7, 11) is 0. The second kappa shape index (κ2) is 11.0. The van der Waals surface area contributed by atoms with E-state index in [1.54, 1.807) is 30.3 Å². The van der Waals surface area contributed by atoms with Gasteiger partial charge in [0.05, 0.1) is 17.5 Å². The number of carboxylic acid groups (broad SMARTS) is 1. The number of carbonyl (C=O) groups is 3. The van der Waals surface area contributed by atoms with Gasteiger partial charge in [-0.2, -0.15) is 13.2 Å². The molecule has 10 heteroatoms. The average molecular weight is 533 g/mol. The number of hydrogen-bond donors (Lipinski definition) is 2. The first-order chi connectivity index (χ1) is 17.9. The molecule has 0 spiro atoms. The molecule has 6 nitrogen and oxygen atoms in total. The maximum atomic E-state index is 14.8. The lowest BCUT2D eigenvalue weighted by molar-refractivity contribution is -0.154. The van der Waals surface area contributed by atoms with Gasteiger partial charge in [-0.15, -0.1) is 0 Å². The largest absolute Gasteiger partial charge is 0.481 e. The minimum Gasteiger partial charge on any atom is -0.481 e. The van der Waals surface area contributed by atoms with E-state index < -0.39 is 66.9 Å². The Morgan fingerprint density at radius 2 is 1.79 bits per heavy atom. The number of nitrogens with one attached hydrogen (secondary N) is 1. The van der Waals surface area contributed by atoms with Crippen molar-refractivity contribution >= 4 is 23.4 Å². The second-order valence-electron chi connectivity index (χ2n) is 10.0. The fraction of sp³-hybridized carbons (Fsp3) is 0.429. The Morgan fingerprint density at radius 3 is 2.39 bits per heavy atom. The smallest absolute Gasteiger partial charge is 0.389 e. The Bertz CT molecular complexity index is 1250. The van der Waals surface area contributed by atoms with Crippen molar-refractivity contribution in [3.05, 3.63) is 70.5 Å². The fourth-order valence-electron chi connectivity index (χ4n) is 4.78. The van der Waals surface area contributed by atoms with Gasteiger partial charge in [0.2, 0.25) is 5.91 Å². The lowest BCUT2D eigenvalue weighted by atomic mass is 9.83. The van der Waals surface area contributed by atoms with Crippen molar-refractivity contribution in [1.82, 2.24) is 5.32 Å². The van der Waals surface area contributed by atoms with Gasteiger partial charge in [0.25, 0.3) is 0 Å². The van der Waals surface area contributed by atoms with Crippen LogP contribution in [0.5, 0.6) is 0 Å². The molecule has 0 bridgehead atoms. The van der Waals surface area contributed by atoms with Crippen molar-refractivity contribution in [3.8, 4) is 0 Å². The molecule has 1 saturated carbocycles. The number of carboxylic acids is 1. The predicted octanol–water partition coefficient (Wildman–Crippen LogP) is 5.00. The van der Waals surface area contributed by atoms with Crippen molar-refractivity contribution < 1.29 is 37.1 Å². The van der Waals surface area contributed by atoms with Crippen molar-refractivity contribution in [2.45, 2.75) is 57.8 Å². The summed E-state index contributed by atoms with van der Waals surface area (Å²) in [6.07, 6.45) is -6.99. The summed E-state index contributed by atoms with van der Waals surface area (Å²) < 4.78 is 53.9. The Balaban J connectivity index is 1.69. The van der Waals surface area contributed by atoms with Crippen molar-refractivity contribution in [3.63, 3.8) is 0 Å². The van der Waals surface area contributed by atoms with E-state index in [9.17, 15) is 37.1 Å². The summed E-state index contributed by atoms with van der Waals surface area (Å²) in [5, 5.41) is 12.2. The third-order valence-electron chi connectivity index (χ3n) is 7.05. The molecule has 4 rings (SSSR count). The van der Waals surface area contributed by atoms with Gasteiger partial charge >= 0.3 is 12.1 Å². The van der Waals surface area contributed by atoms with E-state index in [0.29, 0.717) is 11.1 Å². The lowest BCUT2D eigenvalue weighted by Gasteiger charge is -2.25. The minimum atomic E-state index is -4.59. The number of alkyl halides is 3. The number of Topliss-reactive ketones (excluding diaryl/α,β-unsaturated/α-hetero) is 1. The van der Waals surface area contributed by atoms with Crippen molar-refractivity contribution in [1.29, 1.82) is 0 Å². The van der Waals surface area contributed by atoms with Gasteiger partial charge in [-0.3, -0.25) is 19.4 Å². The number of aryl methyl sites for hydroxylation is 1. The number of carbonyl (C=O) groups excluding carboxylic acids is 2. The molecule has 3 atom stereocenters. The maximum Gasteiger partial charge on any atom is 0.389 e. The molecule has 1 aliphatic carbocycles. The summed E-state index contributed by atoms with van der Waals surface area (Å²) in [5.41, 5.74) is 2.22. The standard InChI is InChI=1S/C28H28F4N2O4/c1-15-5-9-17(10-6-15)24-18-3-2-4-22(29)20(18)14-23(35)25(33-24)34-26(36)19(11-12-28(30,31)32)21(27(37)38)13-16-7-8-16/h2-6,9-10,16,19,21,25H,7-8,11-14H2,1H3,(H,34,36)(H,37,38)/t19-,21+,25-/m1/s1. The Kier molecular flexibility index (Phi) is 7.99. The number of ketones is 1. The van der Waals surface area contributed by atoms with E-state index >= 15 is 0 Å². The van der Waals surface area contributed by atoms with Gasteiger partial charge in [0, 0.05) is 29.5 Å². The Morgan fingerprint density at radius 1 is 1.11 bits per heavy atom. The number of benzene rings is 2. The molecular formula is C28H28F4N2O4. The van der Waals surface area contributed by atoms with Crippen LogP contribution in [0.3, 0.4) is 0 Å². The molecule has 1 heterocycles. The van der Waals surface area contributed by atoms with Crippen LogP contribution in [-0.2, 0) is 20.8 Å². The van der Waals surface area contributed by atoms with E-state index in [0.717, 1.165) is 18.4 Å². The molecule has 0 radical (unpaired) electrons. The zero-order valence-corrected chi connectivity index (χ0v) is 20.7. The van der Waals surface area contributed by atoms with Gasteiger partial charge in [-0.25, -0.2) is 4.39 Å². The summed E-state index contributed by atoms with van der Waals surface area (Å²) in [6, 6.07) is 11.4.